The molecule has 0 heterocycles. The van der Waals surface area contributed by atoms with E-state index >= 15 is 0 Å². The second-order valence-corrected chi connectivity index (χ2v) is 7.12. The van der Waals surface area contributed by atoms with Crippen LogP contribution in [-0.4, -0.2) is 14.3 Å². The van der Waals surface area contributed by atoms with Crippen molar-refractivity contribution in [2.75, 3.05) is 4.72 Å². The molecule has 0 aliphatic rings. The predicted octanol–water partition coefficient (Wildman–Crippen LogP) is 3.00. The number of carbonyl (C=O) groups is 1. The molecule has 110 valence electrons. The summed E-state index contributed by atoms with van der Waals surface area (Å²) in [6, 6.07) is 10.2. The molecule has 0 spiro atoms. The molecule has 0 saturated carbocycles. The van der Waals surface area contributed by atoms with E-state index in [2.05, 4.69) is 20.7 Å². The van der Waals surface area contributed by atoms with Gasteiger partial charge in [-0.2, -0.15) is 0 Å². The van der Waals surface area contributed by atoms with Crippen LogP contribution in [-0.2, 0) is 10.0 Å². The Hall–Kier alpha value is -1.57. The summed E-state index contributed by atoms with van der Waals surface area (Å²) in [6.07, 6.45) is 0. The number of halogens is 2. The van der Waals surface area contributed by atoms with Crippen molar-refractivity contribution < 1.29 is 13.2 Å². The van der Waals surface area contributed by atoms with E-state index in [0.29, 0.717) is 0 Å². The molecule has 8 heteroatoms. The van der Waals surface area contributed by atoms with Crippen LogP contribution in [0, 0.1) is 0 Å². The van der Waals surface area contributed by atoms with Gasteiger partial charge in [-0.3, -0.25) is 9.52 Å². The minimum absolute atomic E-state index is 0.0752. The first-order chi connectivity index (χ1) is 9.79. The van der Waals surface area contributed by atoms with E-state index in [-0.39, 0.29) is 21.2 Å². The maximum atomic E-state index is 12.2. The zero-order valence-corrected chi connectivity index (χ0v) is 13.7. The SMILES string of the molecule is NC(=O)c1ccc(Cl)c(NS(=O)(=O)c2ccc(Br)cc2)c1. The van der Waals surface area contributed by atoms with Gasteiger partial charge in [0.25, 0.3) is 10.0 Å². The number of amides is 1. The van der Waals surface area contributed by atoms with Gasteiger partial charge in [0.2, 0.25) is 5.91 Å². The van der Waals surface area contributed by atoms with Gasteiger partial charge in [-0.05, 0) is 42.5 Å². The fourth-order valence-corrected chi connectivity index (χ4v) is 3.13. The van der Waals surface area contributed by atoms with E-state index in [1.807, 2.05) is 0 Å². The first-order valence-corrected chi connectivity index (χ1v) is 8.33. The Morgan fingerprint density at radius 2 is 1.76 bits per heavy atom. The average Bonchev–Trinajstić information content (AvgIpc) is 2.41. The van der Waals surface area contributed by atoms with Crippen molar-refractivity contribution in [3.8, 4) is 0 Å². The fraction of sp³-hybridized carbons (Fsp3) is 0. The number of sulfonamides is 1. The molecule has 0 aromatic heterocycles. The number of primary amides is 1. The molecule has 0 bridgehead atoms. The van der Waals surface area contributed by atoms with E-state index in [1.165, 1.54) is 30.3 Å². The highest BCUT2D eigenvalue weighted by molar-refractivity contribution is 9.10. The number of nitrogens with one attached hydrogen (secondary N) is 1. The lowest BCUT2D eigenvalue weighted by Crippen LogP contribution is -2.15. The van der Waals surface area contributed by atoms with E-state index in [1.54, 1.807) is 12.1 Å². The fourth-order valence-electron chi connectivity index (χ4n) is 1.57. The summed E-state index contributed by atoms with van der Waals surface area (Å²) in [5, 5.41) is 0.167. The van der Waals surface area contributed by atoms with E-state index in [0.717, 1.165) is 4.47 Å². The minimum Gasteiger partial charge on any atom is -0.366 e. The maximum Gasteiger partial charge on any atom is 0.261 e. The van der Waals surface area contributed by atoms with Crippen LogP contribution in [0.2, 0.25) is 5.02 Å². The Kier molecular flexibility index (Phi) is 4.55. The molecule has 0 radical (unpaired) electrons. The van der Waals surface area contributed by atoms with Gasteiger partial charge in [-0.1, -0.05) is 27.5 Å². The lowest BCUT2D eigenvalue weighted by Gasteiger charge is -2.10. The standard InChI is InChI=1S/C13H10BrClN2O3S/c14-9-2-4-10(5-3-9)21(19,20)17-12-7-8(13(16)18)1-6-11(12)15/h1-7,17H,(H2,16,18). The summed E-state index contributed by atoms with van der Waals surface area (Å²) in [4.78, 5) is 11.2. The van der Waals surface area contributed by atoms with Gasteiger partial charge in [0.15, 0.2) is 0 Å². The first kappa shape index (κ1) is 15.8. The van der Waals surface area contributed by atoms with Gasteiger partial charge < -0.3 is 5.73 Å². The Bertz CT molecular complexity index is 792. The largest absolute Gasteiger partial charge is 0.366 e. The van der Waals surface area contributed by atoms with Crippen LogP contribution in [0.25, 0.3) is 0 Å². The number of hydrogen-bond acceptors (Lipinski definition) is 3. The van der Waals surface area contributed by atoms with Gasteiger partial charge in [0.05, 0.1) is 15.6 Å². The first-order valence-electron chi connectivity index (χ1n) is 5.67. The Balaban J connectivity index is 2.38. The Morgan fingerprint density at radius 1 is 1.14 bits per heavy atom. The van der Waals surface area contributed by atoms with E-state index in [4.69, 9.17) is 17.3 Å². The van der Waals surface area contributed by atoms with Gasteiger partial charge in [0.1, 0.15) is 0 Å². The molecule has 0 aliphatic carbocycles. The van der Waals surface area contributed by atoms with Gasteiger partial charge >= 0.3 is 0 Å². The number of nitrogens with two attached hydrogens (primary N) is 1. The zero-order valence-electron chi connectivity index (χ0n) is 10.5. The van der Waals surface area contributed by atoms with Crippen LogP contribution in [0.15, 0.2) is 51.8 Å². The number of carbonyl (C=O) groups excluding carboxylic acids is 1. The molecular weight excluding hydrogens is 380 g/mol. The van der Waals surface area contributed by atoms with Crippen molar-refractivity contribution in [2.45, 2.75) is 4.90 Å². The van der Waals surface area contributed by atoms with Crippen LogP contribution in [0.4, 0.5) is 5.69 Å². The molecule has 2 rings (SSSR count). The molecule has 5 nitrogen and oxygen atoms in total. The second-order valence-electron chi connectivity index (χ2n) is 4.12. The van der Waals surface area contributed by atoms with Crippen molar-refractivity contribution in [3.05, 3.63) is 57.5 Å². The van der Waals surface area contributed by atoms with Gasteiger partial charge in [-0.15, -0.1) is 0 Å². The number of benzene rings is 2. The van der Waals surface area contributed by atoms with Crippen LogP contribution < -0.4 is 10.5 Å². The smallest absolute Gasteiger partial charge is 0.261 e. The van der Waals surface area contributed by atoms with E-state index < -0.39 is 15.9 Å². The summed E-state index contributed by atoms with van der Waals surface area (Å²) in [7, 11) is -3.80. The molecule has 2 aromatic rings. The van der Waals surface area contributed by atoms with Crippen LogP contribution >= 0.6 is 27.5 Å². The lowest BCUT2D eigenvalue weighted by molar-refractivity contribution is 0.100. The number of anilines is 1. The summed E-state index contributed by atoms with van der Waals surface area (Å²) < 4.78 is 27.6. The highest BCUT2D eigenvalue weighted by Gasteiger charge is 2.16. The molecule has 1 amide bonds. The van der Waals surface area contributed by atoms with Crippen molar-refractivity contribution in [2.24, 2.45) is 5.73 Å². The van der Waals surface area contributed by atoms with Crippen molar-refractivity contribution in [3.63, 3.8) is 0 Å². The third-order valence-electron chi connectivity index (χ3n) is 2.62. The molecule has 21 heavy (non-hydrogen) atoms. The highest BCUT2D eigenvalue weighted by Crippen LogP contribution is 2.26. The van der Waals surface area contributed by atoms with Crippen LogP contribution in [0.3, 0.4) is 0 Å². The third kappa shape index (κ3) is 3.75. The second kappa shape index (κ2) is 6.05. The maximum absolute atomic E-state index is 12.2. The molecule has 0 atom stereocenters. The summed E-state index contributed by atoms with van der Waals surface area (Å²) in [5.41, 5.74) is 5.41. The zero-order chi connectivity index (χ0) is 15.6. The van der Waals surface area contributed by atoms with Crippen molar-refractivity contribution in [1.82, 2.24) is 0 Å². The van der Waals surface area contributed by atoms with E-state index in [9.17, 15) is 13.2 Å². The number of hydrogen-bond donors (Lipinski definition) is 2. The molecule has 0 fully saturated rings. The Labute approximate surface area is 135 Å². The normalized spacial score (nSPS) is 11.1. The molecule has 0 aliphatic heterocycles. The molecular formula is C13H10BrClN2O3S. The Morgan fingerprint density at radius 3 is 2.33 bits per heavy atom. The lowest BCUT2D eigenvalue weighted by atomic mass is 10.2. The third-order valence-corrected chi connectivity index (χ3v) is 4.86. The monoisotopic (exact) mass is 388 g/mol. The molecule has 0 saturated heterocycles. The van der Waals surface area contributed by atoms with Crippen molar-refractivity contribution >= 4 is 49.1 Å². The highest BCUT2D eigenvalue weighted by atomic mass is 79.9. The summed E-state index contributed by atoms with van der Waals surface area (Å²) >= 11 is 9.16. The quantitative estimate of drug-likeness (QED) is 0.842. The van der Waals surface area contributed by atoms with Gasteiger partial charge in [0, 0.05) is 10.0 Å². The molecule has 3 N–H and O–H groups in total. The minimum atomic E-state index is -3.80. The van der Waals surface area contributed by atoms with Crippen LogP contribution in [0.1, 0.15) is 10.4 Å². The molecule has 0 unspecified atom stereocenters. The van der Waals surface area contributed by atoms with Crippen LogP contribution in [0.5, 0.6) is 0 Å². The number of rotatable bonds is 4. The summed E-state index contributed by atoms with van der Waals surface area (Å²) in [5.74, 6) is -0.671. The average molecular weight is 390 g/mol. The molecule has 2 aromatic carbocycles. The topological polar surface area (TPSA) is 89.3 Å². The predicted molar refractivity (Wildman–Crippen MR) is 84.9 cm³/mol. The van der Waals surface area contributed by atoms with Gasteiger partial charge in [-0.25, -0.2) is 8.42 Å². The summed E-state index contributed by atoms with van der Waals surface area (Å²) in [6.45, 7) is 0. The van der Waals surface area contributed by atoms with Crippen molar-refractivity contribution in [1.29, 1.82) is 0 Å².